The average Bonchev–Trinajstić information content (AvgIpc) is 3.20. The highest BCUT2D eigenvalue weighted by atomic mass is 79.9. The number of rotatable bonds is 6. The molecule has 0 unspecified atom stereocenters. The van der Waals surface area contributed by atoms with E-state index < -0.39 is 33.6 Å². The number of aromatic amines is 1. The highest BCUT2D eigenvalue weighted by Crippen LogP contribution is 2.27. The van der Waals surface area contributed by atoms with E-state index in [1.54, 1.807) is 31.2 Å². The molecule has 164 valence electrons. The van der Waals surface area contributed by atoms with Gasteiger partial charge in [0, 0.05) is 15.8 Å². The molecule has 2 aromatic carbocycles. The van der Waals surface area contributed by atoms with Crippen molar-refractivity contribution in [2.24, 2.45) is 0 Å². The number of nitrogens with one attached hydrogen (secondary N) is 3. The molecule has 3 aromatic rings. The summed E-state index contributed by atoms with van der Waals surface area (Å²) in [6, 6.07) is 10.8. The molecule has 0 aliphatic carbocycles. The van der Waals surface area contributed by atoms with E-state index in [0.717, 1.165) is 10.7 Å². The zero-order valence-electron chi connectivity index (χ0n) is 15.9. The van der Waals surface area contributed by atoms with Gasteiger partial charge in [-0.3, -0.25) is 9.52 Å². The number of hydrogen-bond donors (Lipinski definition) is 3. The third kappa shape index (κ3) is 5.44. The van der Waals surface area contributed by atoms with Crippen molar-refractivity contribution in [3.05, 3.63) is 70.2 Å². The number of imidazole rings is 1. The Morgan fingerprint density at radius 1 is 1.13 bits per heavy atom. The molecule has 0 saturated carbocycles. The first-order chi connectivity index (χ1) is 14.5. The van der Waals surface area contributed by atoms with Crippen LogP contribution in [0.15, 0.2) is 58.0 Å². The van der Waals surface area contributed by atoms with Crippen LogP contribution in [0.2, 0.25) is 0 Å². The van der Waals surface area contributed by atoms with Crippen molar-refractivity contribution < 1.29 is 26.4 Å². The number of amides is 1. The molecule has 1 aromatic heterocycles. The number of nitrogens with zero attached hydrogens (tertiary/aromatic N) is 1. The molecule has 1 heterocycles. The summed E-state index contributed by atoms with van der Waals surface area (Å²) in [5.74, 6) is -2.20. The lowest BCUT2D eigenvalue weighted by atomic mass is 10.1. The maximum atomic E-state index is 12.9. The number of anilines is 2. The number of aromatic nitrogens is 2. The van der Waals surface area contributed by atoms with Crippen molar-refractivity contribution in [2.75, 3.05) is 10.0 Å². The minimum atomic E-state index is -4.72. The van der Waals surface area contributed by atoms with Crippen molar-refractivity contribution in [1.82, 2.24) is 9.97 Å². The Hall–Kier alpha value is -2.86. The van der Waals surface area contributed by atoms with E-state index in [9.17, 15) is 26.4 Å². The van der Waals surface area contributed by atoms with Crippen molar-refractivity contribution in [1.29, 1.82) is 0 Å². The fourth-order valence-corrected chi connectivity index (χ4v) is 4.34. The second kappa shape index (κ2) is 8.71. The number of sulfonamides is 1. The van der Waals surface area contributed by atoms with Crippen LogP contribution in [0, 0.1) is 0 Å². The maximum Gasteiger partial charge on any atom is 0.449 e. The average molecular weight is 517 g/mol. The van der Waals surface area contributed by atoms with Crippen molar-refractivity contribution in [2.45, 2.75) is 24.4 Å². The van der Waals surface area contributed by atoms with Crippen LogP contribution in [0.25, 0.3) is 0 Å². The van der Waals surface area contributed by atoms with Gasteiger partial charge in [0.05, 0.1) is 11.1 Å². The summed E-state index contributed by atoms with van der Waals surface area (Å²) in [7, 11) is -3.99. The van der Waals surface area contributed by atoms with Gasteiger partial charge in [-0.1, -0.05) is 28.9 Å². The Kier molecular flexibility index (Phi) is 6.41. The predicted octanol–water partition coefficient (Wildman–Crippen LogP) is 4.81. The van der Waals surface area contributed by atoms with Crippen LogP contribution >= 0.6 is 15.9 Å². The van der Waals surface area contributed by atoms with Crippen LogP contribution in [0.1, 0.15) is 28.8 Å². The van der Waals surface area contributed by atoms with Gasteiger partial charge < -0.3 is 10.3 Å². The van der Waals surface area contributed by atoms with E-state index in [4.69, 9.17) is 0 Å². The number of aryl methyl sites for hydroxylation is 1. The molecule has 0 bridgehead atoms. The third-order valence-corrected chi connectivity index (χ3v) is 6.17. The van der Waals surface area contributed by atoms with E-state index in [2.05, 4.69) is 31.0 Å². The number of carbonyl (C=O) groups is 1. The summed E-state index contributed by atoms with van der Waals surface area (Å²) in [5.41, 5.74) is 0.533. The van der Waals surface area contributed by atoms with Gasteiger partial charge in [0.25, 0.3) is 15.9 Å². The van der Waals surface area contributed by atoms with Gasteiger partial charge in [0.2, 0.25) is 5.82 Å². The maximum absolute atomic E-state index is 12.9. The number of carbonyl (C=O) groups excluding carboxylic acids is 1. The molecule has 7 nitrogen and oxygen atoms in total. The van der Waals surface area contributed by atoms with Crippen molar-refractivity contribution >= 4 is 43.2 Å². The van der Waals surface area contributed by atoms with Crippen LogP contribution in [-0.4, -0.2) is 24.3 Å². The zero-order valence-corrected chi connectivity index (χ0v) is 18.3. The quantitative estimate of drug-likeness (QED) is 0.437. The molecule has 0 fully saturated rings. The van der Waals surface area contributed by atoms with E-state index in [-0.39, 0.29) is 10.6 Å². The summed E-state index contributed by atoms with van der Waals surface area (Å²) in [5, 5.41) is 2.38. The Labute approximate surface area is 184 Å². The summed E-state index contributed by atoms with van der Waals surface area (Å²) < 4.78 is 67.0. The SMILES string of the molecule is CCc1ccc(NC(=O)c2cnc(C(F)(F)F)[nH]2)cc1S(=O)(=O)Nc1ccc(Br)cc1. The van der Waals surface area contributed by atoms with Gasteiger partial charge >= 0.3 is 6.18 Å². The van der Waals surface area contributed by atoms with E-state index in [1.165, 1.54) is 18.2 Å². The summed E-state index contributed by atoms with van der Waals surface area (Å²) in [4.78, 5) is 17.2. The lowest BCUT2D eigenvalue weighted by Gasteiger charge is -2.14. The number of H-pyrrole nitrogens is 1. The van der Waals surface area contributed by atoms with Crippen LogP contribution < -0.4 is 10.0 Å². The smallest absolute Gasteiger partial charge is 0.330 e. The summed E-state index contributed by atoms with van der Waals surface area (Å²) >= 11 is 3.27. The second-order valence-electron chi connectivity index (χ2n) is 6.39. The molecule has 0 radical (unpaired) electrons. The number of benzene rings is 2. The Morgan fingerprint density at radius 3 is 2.35 bits per heavy atom. The molecule has 31 heavy (non-hydrogen) atoms. The first kappa shape index (κ1) is 22.8. The highest BCUT2D eigenvalue weighted by Gasteiger charge is 2.35. The fraction of sp³-hybridized carbons (Fsp3) is 0.158. The van der Waals surface area contributed by atoms with E-state index in [0.29, 0.717) is 17.7 Å². The molecule has 3 rings (SSSR count). The van der Waals surface area contributed by atoms with Crippen LogP contribution in [-0.2, 0) is 22.6 Å². The topological polar surface area (TPSA) is 104 Å². The summed E-state index contributed by atoms with van der Waals surface area (Å²) in [6.07, 6.45) is -3.56. The first-order valence-corrected chi connectivity index (χ1v) is 11.1. The Bertz CT molecular complexity index is 1210. The van der Waals surface area contributed by atoms with Gasteiger partial charge in [-0.15, -0.1) is 0 Å². The molecule has 0 saturated heterocycles. The van der Waals surface area contributed by atoms with E-state index in [1.807, 2.05) is 4.98 Å². The predicted molar refractivity (Wildman–Crippen MR) is 112 cm³/mol. The minimum Gasteiger partial charge on any atom is -0.330 e. The van der Waals surface area contributed by atoms with Gasteiger partial charge in [-0.25, -0.2) is 13.4 Å². The Balaban J connectivity index is 1.87. The molecule has 0 aliphatic rings. The van der Waals surface area contributed by atoms with Gasteiger partial charge in [0.15, 0.2) is 0 Å². The first-order valence-electron chi connectivity index (χ1n) is 8.84. The summed E-state index contributed by atoms with van der Waals surface area (Å²) in [6.45, 7) is 1.77. The highest BCUT2D eigenvalue weighted by molar-refractivity contribution is 9.10. The zero-order chi connectivity index (χ0) is 22.8. The molecule has 12 heteroatoms. The van der Waals surface area contributed by atoms with Crippen LogP contribution in [0.4, 0.5) is 24.5 Å². The molecule has 0 atom stereocenters. The standard InChI is InChI=1S/C19H16BrF3N4O3S/c1-2-11-3-6-14(25-17(28)15-10-24-18(26-15)19(21,22)23)9-16(11)31(29,30)27-13-7-4-12(20)5-8-13/h3-10,27H,2H2,1H3,(H,24,26)(H,25,28). The number of alkyl halides is 3. The minimum absolute atomic E-state index is 0.0590. The largest absolute Gasteiger partial charge is 0.449 e. The normalized spacial score (nSPS) is 11.9. The monoisotopic (exact) mass is 516 g/mol. The molecular formula is C19H16BrF3N4O3S. The number of hydrogen-bond acceptors (Lipinski definition) is 4. The number of halogens is 4. The molecule has 1 amide bonds. The lowest BCUT2D eigenvalue weighted by Crippen LogP contribution is -2.17. The molecule has 0 aliphatic heterocycles. The van der Waals surface area contributed by atoms with Crippen LogP contribution in [0.5, 0.6) is 0 Å². The van der Waals surface area contributed by atoms with Gasteiger partial charge in [-0.2, -0.15) is 13.2 Å². The van der Waals surface area contributed by atoms with Crippen molar-refractivity contribution in [3.8, 4) is 0 Å². The van der Waals surface area contributed by atoms with Crippen LogP contribution in [0.3, 0.4) is 0 Å². The Morgan fingerprint density at radius 2 is 1.77 bits per heavy atom. The molecule has 0 spiro atoms. The lowest BCUT2D eigenvalue weighted by molar-refractivity contribution is -0.144. The fourth-order valence-electron chi connectivity index (χ4n) is 2.68. The van der Waals surface area contributed by atoms with Crippen molar-refractivity contribution in [3.63, 3.8) is 0 Å². The second-order valence-corrected chi connectivity index (χ2v) is 8.95. The van der Waals surface area contributed by atoms with Gasteiger partial charge in [0.1, 0.15) is 5.69 Å². The third-order valence-electron chi connectivity index (χ3n) is 4.18. The van der Waals surface area contributed by atoms with E-state index >= 15 is 0 Å². The van der Waals surface area contributed by atoms with Gasteiger partial charge in [-0.05, 0) is 48.4 Å². The molecular weight excluding hydrogens is 501 g/mol. The molecule has 3 N–H and O–H groups in total.